The Morgan fingerprint density at radius 3 is 2.29 bits per heavy atom. The molecule has 0 aromatic heterocycles. The number of halogens is 3. The first kappa shape index (κ1) is 11.6. The van der Waals surface area contributed by atoms with Crippen LogP contribution >= 0.6 is 0 Å². The van der Waals surface area contributed by atoms with E-state index >= 15 is 0 Å². The van der Waals surface area contributed by atoms with Gasteiger partial charge in [0.2, 0.25) is 0 Å². The Morgan fingerprint density at radius 1 is 1.43 bits per heavy atom. The number of allylic oxidation sites excluding steroid dienone is 2. The molecule has 5 heteroatoms. The molecule has 0 saturated carbocycles. The van der Waals surface area contributed by atoms with Gasteiger partial charge in [0.1, 0.15) is 0 Å². The summed E-state index contributed by atoms with van der Waals surface area (Å²) >= 11 is 0. The lowest BCUT2D eigenvalue weighted by Gasteiger charge is -2.34. The van der Waals surface area contributed by atoms with Crippen molar-refractivity contribution in [1.82, 2.24) is 0 Å². The maximum absolute atomic E-state index is 12.3. The van der Waals surface area contributed by atoms with Crippen LogP contribution in [-0.2, 0) is 0 Å². The van der Waals surface area contributed by atoms with Gasteiger partial charge in [0, 0.05) is 0 Å². The molecular formula is C9H15BF3O-. The average Bonchev–Trinajstić information content (AvgIpc) is 2.01. The summed E-state index contributed by atoms with van der Waals surface area (Å²) in [5.41, 5.74) is -1.26. The van der Waals surface area contributed by atoms with E-state index in [1.165, 1.54) is 6.08 Å². The van der Waals surface area contributed by atoms with Crippen molar-refractivity contribution in [2.24, 2.45) is 5.92 Å². The summed E-state index contributed by atoms with van der Waals surface area (Å²) in [6, 6.07) is 0. The van der Waals surface area contributed by atoms with E-state index in [2.05, 4.69) is 0 Å². The highest BCUT2D eigenvalue weighted by Crippen LogP contribution is 2.36. The van der Waals surface area contributed by atoms with Crippen molar-refractivity contribution in [3.63, 3.8) is 0 Å². The highest BCUT2D eigenvalue weighted by atomic mass is 19.4. The van der Waals surface area contributed by atoms with Gasteiger partial charge in [-0.2, -0.15) is 0 Å². The minimum atomic E-state index is -4.81. The number of hydrogen-bond donors (Lipinski definition) is 1. The molecule has 0 fully saturated rings. The topological polar surface area (TPSA) is 20.2 Å². The summed E-state index contributed by atoms with van der Waals surface area (Å²) in [7, 11) is 0. The monoisotopic (exact) mass is 207 g/mol. The Morgan fingerprint density at radius 2 is 2.00 bits per heavy atom. The van der Waals surface area contributed by atoms with Crippen molar-refractivity contribution in [2.45, 2.75) is 38.7 Å². The summed E-state index contributed by atoms with van der Waals surface area (Å²) < 4.78 is 36.9. The molecule has 0 radical (unpaired) electrons. The maximum Gasteiger partial charge on any atom is 0.505 e. The number of hydrogen-bond acceptors (Lipinski definition) is 1. The lowest BCUT2D eigenvalue weighted by atomic mass is 9.69. The van der Waals surface area contributed by atoms with Crippen molar-refractivity contribution < 1.29 is 18.1 Å². The van der Waals surface area contributed by atoms with Gasteiger partial charge in [-0.3, -0.25) is 0 Å². The summed E-state index contributed by atoms with van der Waals surface area (Å²) in [4.78, 5) is 0. The zero-order chi connectivity index (χ0) is 11.0. The largest absolute Gasteiger partial charge is 0.505 e. The zero-order valence-corrected chi connectivity index (χ0v) is 8.43. The Kier molecular flexibility index (Phi) is 3.00. The second-order valence-electron chi connectivity index (χ2n) is 4.48. The van der Waals surface area contributed by atoms with E-state index in [9.17, 15) is 18.1 Å². The average molecular weight is 207 g/mol. The van der Waals surface area contributed by atoms with Crippen LogP contribution in [0.15, 0.2) is 11.5 Å². The van der Waals surface area contributed by atoms with E-state index in [-0.39, 0.29) is 17.8 Å². The second-order valence-corrected chi connectivity index (χ2v) is 4.48. The standard InChI is InChI=1S/C9H15BF3O/c1-9(2,14)7-3-5-8(6-4-7)10(11,12)13/h5,7,14H,3-4,6H2,1-2H3/q-1. The molecule has 0 aliphatic heterocycles. The lowest BCUT2D eigenvalue weighted by molar-refractivity contribution is 0.0127. The Labute approximate surface area is 82.1 Å². The van der Waals surface area contributed by atoms with Crippen molar-refractivity contribution in [3.8, 4) is 0 Å². The van der Waals surface area contributed by atoms with Gasteiger partial charge in [-0.1, -0.05) is 6.42 Å². The summed E-state index contributed by atoms with van der Waals surface area (Å²) in [5.74, 6) is -0.0515. The maximum atomic E-state index is 12.3. The van der Waals surface area contributed by atoms with Crippen molar-refractivity contribution in [2.75, 3.05) is 0 Å². The number of aliphatic hydroxyl groups is 1. The van der Waals surface area contributed by atoms with Gasteiger partial charge < -0.3 is 18.1 Å². The van der Waals surface area contributed by atoms with Gasteiger partial charge >= 0.3 is 6.98 Å². The molecule has 82 valence electrons. The first-order chi connectivity index (χ1) is 6.21. The van der Waals surface area contributed by atoms with Crippen molar-refractivity contribution in [1.29, 1.82) is 0 Å². The first-order valence-electron chi connectivity index (χ1n) is 4.82. The van der Waals surface area contributed by atoms with Crippen LogP contribution in [0.2, 0.25) is 0 Å². The molecule has 0 bridgehead atoms. The van der Waals surface area contributed by atoms with E-state index < -0.39 is 12.6 Å². The Hall–Kier alpha value is -0.445. The first-order valence-corrected chi connectivity index (χ1v) is 4.82. The molecule has 1 N–H and O–H groups in total. The van der Waals surface area contributed by atoms with Crippen LogP contribution in [0, 0.1) is 5.92 Å². The molecule has 0 spiro atoms. The fraction of sp³-hybridized carbons (Fsp3) is 0.778. The van der Waals surface area contributed by atoms with Crippen molar-refractivity contribution in [3.05, 3.63) is 11.5 Å². The van der Waals surface area contributed by atoms with E-state index in [1.807, 2.05) is 0 Å². The van der Waals surface area contributed by atoms with Crippen LogP contribution in [0.3, 0.4) is 0 Å². The van der Waals surface area contributed by atoms with Crippen LogP contribution in [0.1, 0.15) is 33.1 Å². The van der Waals surface area contributed by atoms with E-state index in [1.54, 1.807) is 13.8 Å². The zero-order valence-electron chi connectivity index (χ0n) is 8.43. The normalized spacial score (nSPS) is 24.7. The van der Waals surface area contributed by atoms with Crippen LogP contribution in [0.4, 0.5) is 12.9 Å². The van der Waals surface area contributed by atoms with Gasteiger partial charge in [0.15, 0.2) is 0 Å². The third kappa shape index (κ3) is 2.77. The van der Waals surface area contributed by atoms with E-state index in [0.29, 0.717) is 12.8 Å². The van der Waals surface area contributed by atoms with Gasteiger partial charge in [-0.15, -0.1) is 11.5 Å². The highest BCUT2D eigenvalue weighted by molar-refractivity contribution is 6.66. The minimum Gasteiger partial charge on any atom is -0.445 e. The molecule has 1 aliphatic rings. The molecular weight excluding hydrogens is 192 g/mol. The van der Waals surface area contributed by atoms with Crippen LogP contribution in [0.25, 0.3) is 0 Å². The molecule has 0 amide bonds. The van der Waals surface area contributed by atoms with E-state index in [4.69, 9.17) is 0 Å². The molecule has 0 aromatic rings. The molecule has 1 atom stereocenters. The summed E-state index contributed by atoms with van der Waals surface area (Å²) in [6.45, 7) is -1.51. The molecule has 0 aromatic carbocycles. The predicted molar refractivity (Wildman–Crippen MR) is 50.8 cm³/mol. The molecule has 0 saturated heterocycles. The molecule has 1 aliphatic carbocycles. The molecule has 1 nitrogen and oxygen atoms in total. The highest BCUT2D eigenvalue weighted by Gasteiger charge is 2.34. The summed E-state index contributed by atoms with van der Waals surface area (Å²) in [6.07, 6.45) is 2.06. The molecule has 14 heavy (non-hydrogen) atoms. The molecule has 0 heterocycles. The predicted octanol–water partition coefficient (Wildman–Crippen LogP) is 2.87. The lowest BCUT2D eigenvalue weighted by Crippen LogP contribution is -2.33. The van der Waals surface area contributed by atoms with Gasteiger partial charge in [0.25, 0.3) is 0 Å². The minimum absolute atomic E-state index is 0.0515. The van der Waals surface area contributed by atoms with Crippen LogP contribution in [0.5, 0.6) is 0 Å². The number of rotatable bonds is 2. The SMILES string of the molecule is CC(C)(O)C1CC=C([B-](F)(F)F)CC1. The fourth-order valence-electron chi connectivity index (χ4n) is 1.79. The van der Waals surface area contributed by atoms with Gasteiger partial charge in [-0.05, 0) is 32.6 Å². The molecule has 1 unspecified atom stereocenters. The van der Waals surface area contributed by atoms with Gasteiger partial charge in [-0.25, -0.2) is 0 Å². The van der Waals surface area contributed by atoms with E-state index in [0.717, 1.165) is 0 Å². The molecule has 1 rings (SSSR count). The van der Waals surface area contributed by atoms with Crippen molar-refractivity contribution >= 4 is 6.98 Å². The third-order valence-corrected chi connectivity index (χ3v) is 2.87. The Bertz CT molecular complexity index is 239. The van der Waals surface area contributed by atoms with Crippen LogP contribution < -0.4 is 0 Å². The Balaban J connectivity index is 2.65. The summed E-state index contributed by atoms with van der Waals surface area (Å²) in [5, 5.41) is 9.63. The third-order valence-electron chi connectivity index (χ3n) is 2.87. The van der Waals surface area contributed by atoms with Gasteiger partial charge in [0.05, 0.1) is 5.60 Å². The quantitative estimate of drug-likeness (QED) is 0.690. The second kappa shape index (κ2) is 3.61. The van der Waals surface area contributed by atoms with Crippen LogP contribution in [-0.4, -0.2) is 17.7 Å². The smallest absolute Gasteiger partial charge is 0.445 e. The fourth-order valence-corrected chi connectivity index (χ4v) is 1.79.